The van der Waals surface area contributed by atoms with Crippen LogP contribution >= 0.6 is 0 Å². The van der Waals surface area contributed by atoms with E-state index in [0.29, 0.717) is 12.1 Å². The van der Waals surface area contributed by atoms with Gasteiger partial charge in [0.15, 0.2) is 0 Å². The van der Waals surface area contributed by atoms with Gasteiger partial charge in [0.05, 0.1) is 19.8 Å². The van der Waals surface area contributed by atoms with Gasteiger partial charge < -0.3 is 30.0 Å². The SMILES string of the molecule is COC(=O)c1cccc(CNCCc2c(C)[nH]c3ccc(OC)cc23)c1.O=C(O)C(=O)O. The average Bonchev–Trinajstić information content (AvgIpc) is 3.10. The number of aromatic nitrogens is 1. The molecule has 9 nitrogen and oxygen atoms in total. The number of esters is 1. The van der Waals surface area contributed by atoms with Crippen LogP contribution in [0, 0.1) is 6.92 Å². The van der Waals surface area contributed by atoms with Crippen molar-refractivity contribution in [3.8, 4) is 5.75 Å². The Kier molecular flexibility index (Phi) is 8.79. The Hall–Kier alpha value is -3.85. The van der Waals surface area contributed by atoms with Gasteiger partial charge in [0.2, 0.25) is 0 Å². The van der Waals surface area contributed by atoms with Crippen LogP contribution in [-0.4, -0.2) is 53.9 Å². The summed E-state index contributed by atoms with van der Waals surface area (Å²) in [7, 11) is 3.08. The summed E-state index contributed by atoms with van der Waals surface area (Å²) in [6, 6.07) is 13.6. The minimum absolute atomic E-state index is 0.310. The number of rotatable bonds is 7. The van der Waals surface area contributed by atoms with Gasteiger partial charge in [-0.15, -0.1) is 0 Å². The summed E-state index contributed by atoms with van der Waals surface area (Å²) in [5.41, 5.74) is 5.25. The van der Waals surface area contributed by atoms with Crippen molar-refractivity contribution in [2.24, 2.45) is 0 Å². The number of aryl methyl sites for hydroxylation is 1. The highest BCUT2D eigenvalue weighted by molar-refractivity contribution is 6.27. The van der Waals surface area contributed by atoms with Crippen LogP contribution in [0.3, 0.4) is 0 Å². The number of carbonyl (C=O) groups excluding carboxylic acids is 1. The number of methoxy groups -OCH3 is 2. The minimum Gasteiger partial charge on any atom is -0.497 e. The van der Waals surface area contributed by atoms with Gasteiger partial charge in [-0.1, -0.05) is 12.1 Å². The molecule has 1 aromatic heterocycles. The van der Waals surface area contributed by atoms with Gasteiger partial charge in [0, 0.05) is 23.1 Å². The van der Waals surface area contributed by atoms with Crippen LogP contribution < -0.4 is 10.1 Å². The zero-order valence-corrected chi connectivity index (χ0v) is 18.1. The molecular formula is C23H26N2O7. The summed E-state index contributed by atoms with van der Waals surface area (Å²) in [4.78, 5) is 33.2. The number of carboxylic acids is 2. The summed E-state index contributed by atoms with van der Waals surface area (Å²) in [6.07, 6.45) is 0.912. The lowest BCUT2D eigenvalue weighted by molar-refractivity contribution is -0.159. The Bertz CT molecular complexity index is 1090. The highest BCUT2D eigenvalue weighted by Crippen LogP contribution is 2.26. The Labute approximate surface area is 185 Å². The predicted molar refractivity (Wildman–Crippen MR) is 118 cm³/mol. The molecule has 170 valence electrons. The van der Waals surface area contributed by atoms with Gasteiger partial charge in [0.1, 0.15) is 5.75 Å². The molecule has 0 saturated heterocycles. The Balaban J connectivity index is 0.000000534. The quantitative estimate of drug-likeness (QED) is 0.249. The maximum Gasteiger partial charge on any atom is 0.414 e. The van der Waals surface area contributed by atoms with Crippen LogP contribution in [0.4, 0.5) is 0 Å². The number of ether oxygens (including phenoxy) is 2. The van der Waals surface area contributed by atoms with Gasteiger partial charge in [-0.3, -0.25) is 0 Å². The highest BCUT2D eigenvalue weighted by atomic mass is 16.5. The fraction of sp³-hybridized carbons (Fsp3) is 0.261. The molecule has 0 aliphatic rings. The van der Waals surface area contributed by atoms with E-state index >= 15 is 0 Å². The second kappa shape index (κ2) is 11.5. The molecule has 3 rings (SSSR count). The summed E-state index contributed by atoms with van der Waals surface area (Å²) in [5.74, 6) is -3.09. The number of hydrogen-bond donors (Lipinski definition) is 4. The number of H-pyrrole nitrogens is 1. The fourth-order valence-corrected chi connectivity index (χ4v) is 3.18. The van der Waals surface area contributed by atoms with Crippen LogP contribution in [0.5, 0.6) is 5.75 Å². The first-order chi connectivity index (χ1) is 15.3. The van der Waals surface area contributed by atoms with Gasteiger partial charge in [-0.05, 0) is 61.3 Å². The van der Waals surface area contributed by atoms with Crippen LogP contribution in [0.2, 0.25) is 0 Å². The molecule has 0 atom stereocenters. The van der Waals surface area contributed by atoms with Gasteiger partial charge in [0.25, 0.3) is 0 Å². The number of aromatic amines is 1. The number of nitrogens with one attached hydrogen (secondary N) is 2. The lowest BCUT2D eigenvalue weighted by Crippen LogP contribution is -2.17. The lowest BCUT2D eigenvalue weighted by Gasteiger charge is -2.07. The molecular weight excluding hydrogens is 416 g/mol. The average molecular weight is 442 g/mol. The van der Waals surface area contributed by atoms with Gasteiger partial charge >= 0.3 is 17.9 Å². The van der Waals surface area contributed by atoms with E-state index in [-0.39, 0.29) is 5.97 Å². The molecule has 9 heteroatoms. The van der Waals surface area contributed by atoms with E-state index in [9.17, 15) is 4.79 Å². The van der Waals surface area contributed by atoms with Crippen LogP contribution in [0.1, 0.15) is 27.2 Å². The first kappa shape index (κ1) is 24.4. The van der Waals surface area contributed by atoms with Crippen LogP contribution in [0.15, 0.2) is 42.5 Å². The van der Waals surface area contributed by atoms with Crippen molar-refractivity contribution < 1.29 is 34.1 Å². The standard InChI is InChI=1S/C21H24N2O3.C2H2O4/c1-14-18(19-12-17(25-2)7-8-20(19)23-14)9-10-22-13-15-5-4-6-16(11-15)21(24)26-3;3-1(4)2(5)6/h4-8,11-12,22-23H,9-10,13H2,1-3H3;(H,3,4)(H,5,6). The number of carbonyl (C=O) groups is 3. The van der Waals surface area contributed by atoms with Crippen LogP contribution in [0.25, 0.3) is 10.9 Å². The van der Waals surface area contributed by atoms with Gasteiger partial charge in [-0.25, -0.2) is 14.4 Å². The van der Waals surface area contributed by atoms with Crippen molar-refractivity contribution in [3.05, 3.63) is 64.8 Å². The number of fused-ring (bicyclic) bond motifs is 1. The third-order valence-corrected chi connectivity index (χ3v) is 4.74. The molecule has 0 aliphatic heterocycles. The molecule has 0 unspecified atom stereocenters. The summed E-state index contributed by atoms with van der Waals surface area (Å²) >= 11 is 0. The number of hydrogen-bond acceptors (Lipinski definition) is 6. The lowest BCUT2D eigenvalue weighted by atomic mass is 10.1. The first-order valence-corrected chi connectivity index (χ1v) is 9.76. The zero-order valence-electron chi connectivity index (χ0n) is 18.1. The highest BCUT2D eigenvalue weighted by Gasteiger charge is 2.10. The van der Waals surface area contributed by atoms with E-state index in [2.05, 4.69) is 29.4 Å². The number of benzene rings is 2. The second-order valence-corrected chi connectivity index (χ2v) is 6.87. The van der Waals surface area contributed by atoms with Crippen molar-refractivity contribution in [2.75, 3.05) is 20.8 Å². The summed E-state index contributed by atoms with van der Waals surface area (Å²) in [5, 5.41) is 19.4. The summed E-state index contributed by atoms with van der Waals surface area (Å²) < 4.78 is 10.1. The third-order valence-electron chi connectivity index (χ3n) is 4.74. The van der Waals surface area contributed by atoms with E-state index in [0.717, 1.165) is 29.8 Å². The fourth-order valence-electron chi connectivity index (χ4n) is 3.18. The third kappa shape index (κ3) is 6.58. The first-order valence-electron chi connectivity index (χ1n) is 9.76. The molecule has 0 aliphatic carbocycles. The molecule has 3 aromatic rings. The monoisotopic (exact) mass is 442 g/mol. The molecule has 0 saturated carbocycles. The maximum atomic E-state index is 11.6. The van der Waals surface area contributed by atoms with E-state index in [1.54, 1.807) is 13.2 Å². The van der Waals surface area contributed by atoms with Crippen molar-refractivity contribution in [1.82, 2.24) is 10.3 Å². The molecule has 0 fully saturated rings. The van der Waals surface area contributed by atoms with E-state index in [1.807, 2.05) is 24.3 Å². The Morgan fingerprint density at radius 1 is 1.03 bits per heavy atom. The smallest absolute Gasteiger partial charge is 0.414 e. The minimum atomic E-state index is -1.82. The molecule has 0 bridgehead atoms. The predicted octanol–water partition coefficient (Wildman–Crippen LogP) is 2.76. The van der Waals surface area contributed by atoms with Crippen molar-refractivity contribution >= 4 is 28.8 Å². The van der Waals surface area contributed by atoms with Crippen molar-refractivity contribution in [3.63, 3.8) is 0 Å². The van der Waals surface area contributed by atoms with E-state index < -0.39 is 11.9 Å². The van der Waals surface area contributed by atoms with Crippen molar-refractivity contribution in [2.45, 2.75) is 19.9 Å². The zero-order chi connectivity index (χ0) is 23.7. The topological polar surface area (TPSA) is 138 Å². The molecule has 0 amide bonds. The van der Waals surface area contributed by atoms with E-state index in [1.165, 1.54) is 23.8 Å². The second-order valence-electron chi connectivity index (χ2n) is 6.87. The van der Waals surface area contributed by atoms with Crippen molar-refractivity contribution in [1.29, 1.82) is 0 Å². The molecule has 2 aromatic carbocycles. The normalized spacial score (nSPS) is 10.2. The molecule has 0 radical (unpaired) electrons. The molecule has 4 N–H and O–H groups in total. The summed E-state index contributed by atoms with van der Waals surface area (Å²) in [6.45, 7) is 3.64. The Morgan fingerprint density at radius 3 is 2.38 bits per heavy atom. The van der Waals surface area contributed by atoms with Crippen LogP contribution in [-0.2, 0) is 27.3 Å². The largest absolute Gasteiger partial charge is 0.497 e. The molecule has 32 heavy (non-hydrogen) atoms. The Morgan fingerprint density at radius 2 is 1.75 bits per heavy atom. The maximum absolute atomic E-state index is 11.6. The molecule has 0 spiro atoms. The van der Waals surface area contributed by atoms with Gasteiger partial charge in [-0.2, -0.15) is 0 Å². The molecule has 1 heterocycles. The number of aliphatic carboxylic acids is 2. The van der Waals surface area contributed by atoms with E-state index in [4.69, 9.17) is 29.3 Å². The number of carboxylic acid groups (broad SMARTS) is 2.